The quantitative estimate of drug-likeness (QED) is 0.185. The highest BCUT2D eigenvalue weighted by Gasteiger charge is 2.41. The summed E-state index contributed by atoms with van der Waals surface area (Å²) in [5, 5.41) is 30.1. The summed E-state index contributed by atoms with van der Waals surface area (Å²) < 4.78 is 0. The number of carbonyl (C=O) groups is 1. The van der Waals surface area contributed by atoms with Gasteiger partial charge in [0, 0.05) is 23.1 Å². The number of aliphatic hydroxyl groups is 2. The zero-order valence-electron chi connectivity index (χ0n) is 19.8. The molecule has 1 aliphatic rings. The molecule has 0 amide bonds. The van der Waals surface area contributed by atoms with Gasteiger partial charge in [0.15, 0.2) is 0 Å². The molecular formula is C27H41ClO4. The highest BCUT2D eigenvalue weighted by atomic mass is 35.5. The standard InChI is InChI=1S/C27H41ClO4/c1-4-5-8-12-24(30)27(2,3)20-16-14-19(15-17-20)26-21(22(28)18-23(26)29)11-9-6-7-10-13-25(31)32/h6,9,14-17,21-24,26,29-30H,4-5,7-8,10-13,18H2,1-3H3,(H,31,32)/t21-,22+,23?,24?,26+/m0/s1. The zero-order chi connectivity index (χ0) is 23.7. The fraction of sp³-hybridized carbons (Fsp3) is 0.667. The zero-order valence-corrected chi connectivity index (χ0v) is 20.6. The Hall–Kier alpha value is -1.36. The molecule has 5 heteroatoms. The van der Waals surface area contributed by atoms with Gasteiger partial charge in [0.1, 0.15) is 0 Å². The average molecular weight is 465 g/mol. The summed E-state index contributed by atoms with van der Waals surface area (Å²) in [5.41, 5.74) is 1.87. The van der Waals surface area contributed by atoms with Crippen LogP contribution in [0.15, 0.2) is 36.4 Å². The number of hydrogen-bond acceptors (Lipinski definition) is 3. The fourth-order valence-electron chi connectivity index (χ4n) is 4.84. The third-order valence-electron chi connectivity index (χ3n) is 7.10. The van der Waals surface area contributed by atoms with Crippen LogP contribution in [0.5, 0.6) is 0 Å². The molecule has 0 heterocycles. The molecule has 32 heavy (non-hydrogen) atoms. The number of carboxylic acids is 1. The van der Waals surface area contributed by atoms with E-state index in [1.54, 1.807) is 0 Å². The maximum atomic E-state index is 10.7. The molecule has 4 nitrogen and oxygen atoms in total. The second-order valence-corrected chi connectivity index (χ2v) is 10.4. The van der Waals surface area contributed by atoms with E-state index in [9.17, 15) is 15.0 Å². The molecule has 1 saturated carbocycles. The van der Waals surface area contributed by atoms with Crippen molar-refractivity contribution < 1.29 is 20.1 Å². The summed E-state index contributed by atoms with van der Waals surface area (Å²) in [6.07, 6.45) is 10.3. The summed E-state index contributed by atoms with van der Waals surface area (Å²) in [6.45, 7) is 6.35. The third kappa shape index (κ3) is 7.33. The first-order valence-electron chi connectivity index (χ1n) is 12.2. The minimum absolute atomic E-state index is 0.0205. The topological polar surface area (TPSA) is 77.8 Å². The smallest absolute Gasteiger partial charge is 0.303 e. The number of aliphatic carboxylic acids is 1. The molecule has 0 saturated heterocycles. The number of alkyl halides is 1. The van der Waals surface area contributed by atoms with Gasteiger partial charge in [-0.15, -0.1) is 11.6 Å². The molecule has 2 unspecified atom stereocenters. The van der Waals surface area contributed by atoms with E-state index >= 15 is 0 Å². The number of hydrogen-bond donors (Lipinski definition) is 3. The van der Waals surface area contributed by atoms with E-state index in [1.165, 1.54) is 0 Å². The summed E-state index contributed by atoms with van der Waals surface area (Å²) >= 11 is 6.60. The van der Waals surface area contributed by atoms with Gasteiger partial charge in [0.25, 0.3) is 0 Å². The Morgan fingerprint density at radius 2 is 1.88 bits per heavy atom. The monoisotopic (exact) mass is 464 g/mol. The molecule has 1 fully saturated rings. The molecule has 180 valence electrons. The van der Waals surface area contributed by atoms with Gasteiger partial charge in [-0.05, 0) is 49.1 Å². The van der Waals surface area contributed by atoms with Crippen molar-refractivity contribution in [2.45, 2.75) is 107 Å². The lowest BCUT2D eigenvalue weighted by molar-refractivity contribution is -0.137. The first kappa shape index (κ1) is 26.9. The third-order valence-corrected chi connectivity index (χ3v) is 7.60. The van der Waals surface area contributed by atoms with Crippen LogP contribution in [0.1, 0.15) is 95.6 Å². The van der Waals surface area contributed by atoms with Gasteiger partial charge in [-0.3, -0.25) is 4.79 Å². The van der Waals surface area contributed by atoms with Crippen molar-refractivity contribution in [3.63, 3.8) is 0 Å². The molecule has 1 aliphatic carbocycles. The molecule has 1 aromatic carbocycles. The summed E-state index contributed by atoms with van der Waals surface area (Å²) in [5.74, 6) is -0.646. The van der Waals surface area contributed by atoms with E-state index in [0.29, 0.717) is 12.8 Å². The number of allylic oxidation sites excluding steroid dienone is 2. The lowest BCUT2D eigenvalue weighted by Crippen LogP contribution is -2.33. The minimum atomic E-state index is -0.765. The van der Waals surface area contributed by atoms with Crippen LogP contribution in [0.2, 0.25) is 0 Å². The molecule has 0 spiro atoms. The molecular weight excluding hydrogens is 424 g/mol. The van der Waals surface area contributed by atoms with Gasteiger partial charge < -0.3 is 15.3 Å². The maximum Gasteiger partial charge on any atom is 0.303 e. The Morgan fingerprint density at radius 1 is 1.19 bits per heavy atom. The van der Waals surface area contributed by atoms with Gasteiger partial charge in [-0.2, -0.15) is 0 Å². The van der Waals surface area contributed by atoms with Crippen LogP contribution in [0.4, 0.5) is 0 Å². The van der Waals surface area contributed by atoms with Crippen molar-refractivity contribution >= 4 is 17.6 Å². The van der Waals surface area contributed by atoms with Crippen LogP contribution in [0.3, 0.4) is 0 Å². The first-order valence-corrected chi connectivity index (χ1v) is 12.6. The van der Waals surface area contributed by atoms with Crippen molar-refractivity contribution in [1.82, 2.24) is 0 Å². The lowest BCUT2D eigenvalue weighted by atomic mass is 9.76. The fourth-order valence-corrected chi connectivity index (χ4v) is 5.29. The second-order valence-electron chi connectivity index (χ2n) is 9.86. The molecule has 0 aliphatic heterocycles. The molecule has 0 aromatic heterocycles. The van der Waals surface area contributed by atoms with Crippen LogP contribution in [-0.4, -0.2) is 38.9 Å². The maximum absolute atomic E-state index is 10.7. The Morgan fingerprint density at radius 3 is 2.50 bits per heavy atom. The molecule has 2 rings (SSSR count). The van der Waals surface area contributed by atoms with E-state index < -0.39 is 12.1 Å². The van der Waals surface area contributed by atoms with Gasteiger partial charge in [0.05, 0.1) is 12.2 Å². The summed E-state index contributed by atoms with van der Waals surface area (Å²) in [7, 11) is 0. The van der Waals surface area contributed by atoms with Crippen molar-refractivity contribution in [1.29, 1.82) is 0 Å². The number of benzene rings is 1. The highest BCUT2D eigenvalue weighted by molar-refractivity contribution is 6.21. The van der Waals surface area contributed by atoms with Crippen LogP contribution >= 0.6 is 11.6 Å². The summed E-state index contributed by atoms with van der Waals surface area (Å²) in [4.78, 5) is 10.6. The highest BCUT2D eigenvalue weighted by Crippen LogP contribution is 2.45. The van der Waals surface area contributed by atoms with Gasteiger partial charge in [-0.1, -0.05) is 76.5 Å². The Balaban J connectivity index is 2.05. The van der Waals surface area contributed by atoms with E-state index in [1.807, 2.05) is 6.08 Å². The van der Waals surface area contributed by atoms with Crippen LogP contribution in [0.25, 0.3) is 0 Å². The Bertz CT molecular complexity index is 728. The Kier molecular flexibility index (Phi) is 10.7. The van der Waals surface area contributed by atoms with Crippen LogP contribution in [-0.2, 0) is 10.2 Å². The van der Waals surface area contributed by atoms with Crippen molar-refractivity contribution in [2.75, 3.05) is 0 Å². The number of carboxylic acid groups (broad SMARTS) is 1. The van der Waals surface area contributed by atoms with Gasteiger partial charge in [0.2, 0.25) is 0 Å². The molecule has 0 bridgehead atoms. The van der Waals surface area contributed by atoms with E-state index in [4.69, 9.17) is 16.7 Å². The number of unbranched alkanes of at least 4 members (excludes halogenated alkanes) is 3. The normalized spacial score (nSPS) is 24.8. The van der Waals surface area contributed by atoms with E-state index in [0.717, 1.165) is 49.7 Å². The minimum Gasteiger partial charge on any atom is -0.481 e. The van der Waals surface area contributed by atoms with Gasteiger partial charge in [-0.25, -0.2) is 0 Å². The van der Waals surface area contributed by atoms with Crippen LogP contribution < -0.4 is 0 Å². The lowest BCUT2D eigenvalue weighted by Gasteiger charge is -2.32. The van der Waals surface area contributed by atoms with E-state index in [2.05, 4.69) is 51.1 Å². The second kappa shape index (κ2) is 12.8. The average Bonchev–Trinajstić information content (AvgIpc) is 3.03. The predicted molar refractivity (Wildman–Crippen MR) is 131 cm³/mol. The molecule has 5 atom stereocenters. The number of aliphatic hydroxyl groups excluding tert-OH is 2. The van der Waals surface area contributed by atoms with Crippen molar-refractivity contribution in [3.05, 3.63) is 47.5 Å². The molecule has 0 radical (unpaired) electrons. The number of rotatable bonds is 13. The Labute approximate surface area is 198 Å². The van der Waals surface area contributed by atoms with Crippen molar-refractivity contribution in [2.24, 2.45) is 5.92 Å². The SMILES string of the molecule is CCCCCC(O)C(C)(C)c1ccc([C@H]2C(O)C[C@@H](Cl)[C@@H]2CC=CCCCC(=O)O)cc1. The van der Waals surface area contributed by atoms with E-state index in [-0.39, 0.29) is 35.2 Å². The summed E-state index contributed by atoms with van der Waals surface area (Å²) in [6, 6.07) is 8.35. The van der Waals surface area contributed by atoms with Crippen molar-refractivity contribution in [3.8, 4) is 0 Å². The molecule has 1 aromatic rings. The molecule has 3 N–H and O–H groups in total. The largest absolute Gasteiger partial charge is 0.481 e. The first-order chi connectivity index (χ1) is 15.2. The number of halogens is 1. The predicted octanol–water partition coefficient (Wildman–Crippen LogP) is 6.18. The van der Waals surface area contributed by atoms with Crippen LogP contribution in [0, 0.1) is 5.92 Å². The van der Waals surface area contributed by atoms with Gasteiger partial charge >= 0.3 is 5.97 Å².